The highest BCUT2D eigenvalue weighted by atomic mass is 32.2. The predicted octanol–water partition coefficient (Wildman–Crippen LogP) is 4.94. The van der Waals surface area contributed by atoms with Crippen molar-refractivity contribution in [3.05, 3.63) is 35.4 Å². The Morgan fingerprint density at radius 1 is 1.22 bits per heavy atom. The summed E-state index contributed by atoms with van der Waals surface area (Å²) in [6.07, 6.45) is 0. The zero-order valence-electron chi connectivity index (χ0n) is 14.2. The van der Waals surface area contributed by atoms with E-state index in [1.54, 1.807) is 11.8 Å². The van der Waals surface area contributed by atoms with Crippen molar-refractivity contribution in [1.29, 1.82) is 0 Å². The fraction of sp³-hybridized carbons (Fsp3) is 0.471. The summed E-state index contributed by atoms with van der Waals surface area (Å²) >= 11 is 3.05. The molecule has 23 heavy (non-hydrogen) atoms. The highest BCUT2D eigenvalue weighted by molar-refractivity contribution is 8.00. The number of aromatic nitrogens is 2. The maximum Gasteiger partial charge on any atom is 0.231 e. The van der Waals surface area contributed by atoms with Crippen molar-refractivity contribution < 1.29 is 4.79 Å². The molecule has 1 N–H and O–H groups in total. The van der Waals surface area contributed by atoms with Crippen molar-refractivity contribution in [3.63, 3.8) is 0 Å². The zero-order valence-corrected chi connectivity index (χ0v) is 15.8. The van der Waals surface area contributed by atoms with Crippen LogP contribution in [0.1, 0.15) is 51.7 Å². The summed E-state index contributed by atoms with van der Waals surface area (Å²) in [6, 6.07) is 8.67. The maximum absolute atomic E-state index is 11.9. The van der Waals surface area contributed by atoms with Gasteiger partial charge in [-0.1, -0.05) is 82.0 Å². The first-order chi connectivity index (χ1) is 10.8. The van der Waals surface area contributed by atoms with Gasteiger partial charge in [0.2, 0.25) is 11.0 Å². The summed E-state index contributed by atoms with van der Waals surface area (Å²) < 4.78 is 0.863. The van der Waals surface area contributed by atoms with Gasteiger partial charge in [0.1, 0.15) is 0 Å². The van der Waals surface area contributed by atoms with E-state index in [1.165, 1.54) is 22.5 Å². The maximum atomic E-state index is 11.9. The van der Waals surface area contributed by atoms with E-state index in [-0.39, 0.29) is 5.91 Å². The van der Waals surface area contributed by atoms with Gasteiger partial charge in [0, 0.05) is 11.2 Å². The third kappa shape index (κ3) is 5.32. The number of hydrogen-bond acceptors (Lipinski definition) is 5. The van der Waals surface area contributed by atoms with Crippen LogP contribution in [0.2, 0.25) is 0 Å². The Morgan fingerprint density at radius 2 is 1.87 bits per heavy atom. The molecule has 0 aliphatic heterocycles. The lowest BCUT2D eigenvalue weighted by Crippen LogP contribution is -2.27. The van der Waals surface area contributed by atoms with Gasteiger partial charge >= 0.3 is 0 Å². The normalized spacial score (nSPS) is 11.7. The molecule has 0 atom stereocenters. The van der Waals surface area contributed by atoms with Crippen LogP contribution in [0.15, 0.2) is 28.6 Å². The summed E-state index contributed by atoms with van der Waals surface area (Å²) in [6.45, 7) is 10.0. The lowest BCUT2D eigenvalue weighted by atomic mass is 9.96. The molecule has 0 bridgehead atoms. The molecule has 4 nitrogen and oxygen atoms in total. The number of hydrogen-bond donors (Lipinski definition) is 1. The fourth-order valence-electron chi connectivity index (χ4n) is 1.75. The molecule has 0 aliphatic rings. The van der Waals surface area contributed by atoms with Crippen LogP contribution < -0.4 is 5.32 Å². The second kappa shape index (κ2) is 7.45. The van der Waals surface area contributed by atoms with E-state index in [9.17, 15) is 4.79 Å². The molecule has 0 saturated carbocycles. The lowest BCUT2D eigenvalue weighted by Gasteiger charge is -2.15. The number of carbonyl (C=O) groups is 1. The minimum absolute atomic E-state index is 0.0468. The predicted molar refractivity (Wildman–Crippen MR) is 98.1 cm³/mol. The summed E-state index contributed by atoms with van der Waals surface area (Å²) in [4.78, 5) is 11.9. The van der Waals surface area contributed by atoms with Gasteiger partial charge in [-0.3, -0.25) is 4.79 Å². The van der Waals surface area contributed by atoms with E-state index < -0.39 is 5.41 Å². The number of nitrogens with zero attached hydrogens (tertiary/aromatic N) is 2. The van der Waals surface area contributed by atoms with Crippen LogP contribution in [-0.2, 0) is 10.5 Å². The Morgan fingerprint density at radius 3 is 2.43 bits per heavy atom. The number of nitrogens with one attached hydrogen (secondary N) is 1. The Labute approximate surface area is 146 Å². The number of rotatable bonds is 5. The molecule has 0 fully saturated rings. The summed E-state index contributed by atoms with van der Waals surface area (Å²) in [5, 5.41) is 11.5. The Bertz CT molecular complexity index is 657. The van der Waals surface area contributed by atoms with Crippen molar-refractivity contribution in [2.75, 3.05) is 5.32 Å². The van der Waals surface area contributed by atoms with E-state index in [0.29, 0.717) is 11.0 Å². The van der Waals surface area contributed by atoms with Gasteiger partial charge in [-0.15, -0.1) is 10.2 Å². The molecular formula is C17H23N3OS2. The standard InChI is InChI=1S/C17H23N3OS2/c1-11(2)13-8-6-12(7-9-13)10-22-16-20-19-15(23-16)18-14(21)17(3,4)5/h6-9,11H,10H2,1-5H3,(H,18,19,21). The number of anilines is 1. The van der Waals surface area contributed by atoms with Gasteiger partial charge in [0.15, 0.2) is 4.34 Å². The monoisotopic (exact) mass is 349 g/mol. The van der Waals surface area contributed by atoms with Crippen molar-refractivity contribution in [1.82, 2.24) is 10.2 Å². The van der Waals surface area contributed by atoms with Crippen LogP contribution in [0, 0.1) is 5.41 Å². The van der Waals surface area contributed by atoms with Gasteiger partial charge in [-0.2, -0.15) is 0 Å². The quantitative estimate of drug-likeness (QED) is 0.614. The molecular weight excluding hydrogens is 326 g/mol. The van der Waals surface area contributed by atoms with Crippen molar-refractivity contribution in [2.24, 2.45) is 5.41 Å². The minimum atomic E-state index is -0.433. The Hall–Kier alpha value is -1.40. The molecule has 0 unspecified atom stereocenters. The molecule has 0 spiro atoms. The summed E-state index contributed by atoms with van der Waals surface area (Å²) in [5.74, 6) is 1.35. The first-order valence-electron chi connectivity index (χ1n) is 7.62. The summed E-state index contributed by atoms with van der Waals surface area (Å²) in [5.41, 5.74) is 2.17. The van der Waals surface area contributed by atoms with Crippen LogP contribution in [0.25, 0.3) is 0 Å². The van der Waals surface area contributed by atoms with Gasteiger partial charge in [0.25, 0.3) is 0 Å². The second-order valence-electron chi connectivity index (χ2n) is 6.76. The smallest absolute Gasteiger partial charge is 0.231 e. The molecule has 0 aliphatic carbocycles. The van der Waals surface area contributed by atoms with Crippen molar-refractivity contribution >= 4 is 34.1 Å². The highest BCUT2D eigenvalue weighted by Crippen LogP contribution is 2.29. The second-order valence-corrected chi connectivity index (χ2v) is 8.96. The SMILES string of the molecule is CC(C)c1ccc(CSc2nnc(NC(=O)C(C)(C)C)s2)cc1. The van der Waals surface area contributed by atoms with Crippen molar-refractivity contribution in [3.8, 4) is 0 Å². The molecule has 0 saturated heterocycles. The van der Waals surface area contributed by atoms with Gasteiger partial charge in [-0.25, -0.2) is 0 Å². The Kier molecular flexibility index (Phi) is 5.81. The van der Waals surface area contributed by atoms with Gasteiger partial charge in [-0.05, 0) is 17.0 Å². The summed E-state index contributed by atoms with van der Waals surface area (Å²) in [7, 11) is 0. The molecule has 1 heterocycles. The average molecular weight is 350 g/mol. The lowest BCUT2D eigenvalue weighted by molar-refractivity contribution is -0.123. The molecule has 1 amide bonds. The number of carbonyl (C=O) groups excluding carboxylic acids is 1. The van der Waals surface area contributed by atoms with Crippen LogP contribution in [0.4, 0.5) is 5.13 Å². The molecule has 1 aromatic carbocycles. The van der Waals surface area contributed by atoms with Gasteiger partial charge < -0.3 is 5.32 Å². The molecule has 1 aromatic heterocycles. The van der Waals surface area contributed by atoms with Crippen LogP contribution in [0.5, 0.6) is 0 Å². The highest BCUT2D eigenvalue weighted by Gasteiger charge is 2.22. The third-order valence-corrected chi connectivity index (χ3v) is 5.36. The van der Waals surface area contributed by atoms with Crippen LogP contribution >= 0.6 is 23.1 Å². The molecule has 6 heteroatoms. The largest absolute Gasteiger partial charge is 0.300 e. The number of thioether (sulfide) groups is 1. The third-order valence-electron chi connectivity index (χ3n) is 3.32. The average Bonchev–Trinajstić information content (AvgIpc) is 2.92. The zero-order chi connectivity index (χ0) is 17.0. The fourth-order valence-corrected chi connectivity index (χ4v) is 3.45. The van der Waals surface area contributed by atoms with E-state index in [0.717, 1.165) is 10.1 Å². The Balaban J connectivity index is 1.91. The van der Waals surface area contributed by atoms with E-state index in [2.05, 4.69) is 53.6 Å². The molecule has 2 aromatic rings. The van der Waals surface area contributed by atoms with Crippen LogP contribution in [-0.4, -0.2) is 16.1 Å². The van der Waals surface area contributed by atoms with E-state index in [4.69, 9.17) is 0 Å². The first kappa shape index (κ1) is 17.9. The van der Waals surface area contributed by atoms with Gasteiger partial charge in [0.05, 0.1) is 0 Å². The van der Waals surface area contributed by atoms with E-state index >= 15 is 0 Å². The molecule has 2 rings (SSSR count). The van der Waals surface area contributed by atoms with Crippen LogP contribution in [0.3, 0.4) is 0 Å². The molecule has 124 valence electrons. The van der Waals surface area contributed by atoms with Crippen molar-refractivity contribution in [2.45, 2.75) is 50.6 Å². The number of amides is 1. The number of benzene rings is 1. The first-order valence-corrected chi connectivity index (χ1v) is 9.42. The minimum Gasteiger partial charge on any atom is -0.300 e. The van der Waals surface area contributed by atoms with E-state index in [1.807, 2.05) is 20.8 Å². The molecule has 0 radical (unpaired) electrons. The topological polar surface area (TPSA) is 54.9 Å².